The van der Waals surface area contributed by atoms with Crippen molar-refractivity contribution in [1.29, 1.82) is 0 Å². The highest BCUT2D eigenvalue weighted by molar-refractivity contribution is 5.08. The van der Waals surface area contributed by atoms with Gasteiger partial charge in [-0.3, -0.25) is 4.90 Å². The maximum atomic E-state index is 3.27. The van der Waals surface area contributed by atoms with Crippen LogP contribution in [0.25, 0.3) is 0 Å². The lowest BCUT2D eigenvalue weighted by atomic mass is 9.98. The van der Waals surface area contributed by atoms with Crippen molar-refractivity contribution >= 4 is 0 Å². The van der Waals surface area contributed by atoms with E-state index in [4.69, 9.17) is 0 Å². The summed E-state index contributed by atoms with van der Waals surface area (Å²) in [6, 6.07) is 1.29. The summed E-state index contributed by atoms with van der Waals surface area (Å²) in [5.74, 6) is 6.42. The second-order valence-corrected chi connectivity index (χ2v) is 3.44. The summed E-state index contributed by atoms with van der Waals surface area (Å²) in [5.41, 5.74) is 0. The van der Waals surface area contributed by atoms with Crippen molar-refractivity contribution in [2.24, 2.45) is 0 Å². The number of hydrogen-bond donors (Lipinski definition) is 0. The molecule has 0 radical (unpaired) electrons. The number of nitrogens with zero attached hydrogens (tertiary/aromatic N) is 1. The molecule has 1 aliphatic rings. The lowest BCUT2D eigenvalue weighted by Crippen LogP contribution is -2.51. The fourth-order valence-corrected chi connectivity index (χ4v) is 1.74. The SMILES string of the molecule is CCC#CC(C)N1CCC1CC. The first kappa shape index (κ1) is 9.61. The van der Waals surface area contributed by atoms with Crippen molar-refractivity contribution in [1.82, 2.24) is 4.90 Å². The van der Waals surface area contributed by atoms with Crippen LogP contribution in [0.5, 0.6) is 0 Å². The zero-order valence-electron chi connectivity index (χ0n) is 8.43. The van der Waals surface area contributed by atoms with Gasteiger partial charge in [-0.25, -0.2) is 0 Å². The highest BCUT2D eigenvalue weighted by Gasteiger charge is 2.28. The van der Waals surface area contributed by atoms with Gasteiger partial charge in [0.2, 0.25) is 0 Å². The molecule has 0 amide bonds. The van der Waals surface area contributed by atoms with E-state index in [0.717, 1.165) is 12.5 Å². The van der Waals surface area contributed by atoms with Gasteiger partial charge < -0.3 is 0 Å². The van der Waals surface area contributed by atoms with Crippen LogP contribution in [0.1, 0.15) is 40.0 Å². The Morgan fingerprint density at radius 1 is 1.50 bits per heavy atom. The molecular weight excluding hydrogens is 146 g/mol. The zero-order valence-corrected chi connectivity index (χ0v) is 8.43. The Kier molecular flexibility index (Phi) is 3.62. The van der Waals surface area contributed by atoms with E-state index >= 15 is 0 Å². The molecule has 1 nitrogen and oxygen atoms in total. The van der Waals surface area contributed by atoms with Crippen molar-refractivity contribution in [2.75, 3.05) is 6.54 Å². The molecule has 0 bridgehead atoms. The molecule has 0 N–H and O–H groups in total. The first-order chi connectivity index (χ1) is 5.79. The molecule has 1 aliphatic heterocycles. The molecule has 1 fully saturated rings. The standard InChI is InChI=1S/C11H19N/c1-4-6-7-10(3)12-9-8-11(12)5-2/h10-11H,4-5,8-9H2,1-3H3. The van der Waals surface area contributed by atoms with Gasteiger partial charge in [-0.05, 0) is 19.8 Å². The average Bonchev–Trinajstić information content (AvgIpc) is 2.00. The van der Waals surface area contributed by atoms with E-state index in [9.17, 15) is 0 Å². The van der Waals surface area contributed by atoms with Crippen LogP contribution in [0, 0.1) is 11.8 Å². The van der Waals surface area contributed by atoms with E-state index in [1.165, 1.54) is 19.4 Å². The molecule has 0 spiro atoms. The molecule has 2 atom stereocenters. The van der Waals surface area contributed by atoms with Gasteiger partial charge in [-0.2, -0.15) is 0 Å². The second kappa shape index (κ2) is 4.52. The third-order valence-electron chi connectivity index (χ3n) is 2.65. The lowest BCUT2D eigenvalue weighted by molar-refractivity contribution is 0.0692. The maximum Gasteiger partial charge on any atom is 0.0688 e. The van der Waals surface area contributed by atoms with Gasteiger partial charge in [0, 0.05) is 19.0 Å². The summed E-state index contributed by atoms with van der Waals surface area (Å²) >= 11 is 0. The van der Waals surface area contributed by atoms with Crippen molar-refractivity contribution in [3.63, 3.8) is 0 Å². The normalized spacial score (nSPS) is 25.4. The topological polar surface area (TPSA) is 3.24 Å². The maximum absolute atomic E-state index is 3.27. The Hall–Kier alpha value is -0.480. The molecular formula is C11H19N. The summed E-state index contributed by atoms with van der Waals surface area (Å²) in [4.78, 5) is 2.50. The molecule has 68 valence electrons. The van der Waals surface area contributed by atoms with Gasteiger partial charge in [-0.15, -0.1) is 5.92 Å². The van der Waals surface area contributed by atoms with Crippen LogP contribution in [0.15, 0.2) is 0 Å². The van der Waals surface area contributed by atoms with Crippen LogP contribution in [0.3, 0.4) is 0 Å². The number of rotatable bonds is 2. The molecule has 0 aromatic heterocycles. The fraction of sp³-hybridized carbons (Fsp3) is 0.818. The molecule has 1 saturated heterocycles. The number of likely N-dealkylation sites (tertiary alicyclic amines) is 1. The molecule has 1 heterocycles. The summed E-state index contributed by atoms with van der Waals surface area (Å²) in [6.07, 6.45) is 3.63. The Labute approximate surface area is 76.1 Å². The monoisotopic (exact) mass is 165 g/mol. The highest BCUT2D eigenvalue weighted by Crippen LogP contribution is 2.22. The average molecular weight is 165 g/mol. The van der Waals surface area contributed by atoms with Crippen molar-refractivity contribution in [2.45, 2.75) is 52.1 Å². The van der Waals surface area contributed by atoms with Gasteiger partial charge in [0.25, 0.3) is 0 Å². The van der Waals surface area contributed by atoms with Gasteiger partial charge in [-0.1, -0.05) is 19.8 Å². The molecule has 1 rings (SSSR count). The Morgan fingerprint density at radius 3 is 2.67 bits per heavy atom. The molecule has 0 aliphatic carbocycles. The number of hydrogen-bond acceptors (Lipinski definition) is 1. The van der Waals surface area contributed by atoms with Crippen LogP contribution in [0.2, 0.25) is 0 Å². The summed E-state index contributed by atoms with van der Waals surface area (Å²) in [6.45, 7) is 7.83. The molecule has 0 saturated carbocycles. The zero-order chi connectivity index (χ0) is 8.97. The molecule has 1 heteroatoms. The fourth-order valence-electron chi connectivity index (χ4n) is 1.74. The second-order valence-electron chi connectivity index (χ2n) is 3.44. The minimum Gasteiger partial charge on any atom is -0.287 e. The molecule has 0 aromatic carbocycles. The molecule has 2 unspecified atom stereocenters. The lowest BCUT2D eigenvalue weighted by Gasteiger charge is -2.42. The van der Waals surface area contributed by atoms with Crippen molar-refractivity contribution < 1.29 is 0 Å². The largest absolute Gasteiger partial charge is 0.287 e. The van der Waals surface area contributed by atoms with E-state index in [0.29, 0.717) is 6.04 Å². The quantitative estimate of drug-likeness (QED) is 0.567. The Bertz CT molecular complexity index is 185. The Morgan fingerprint density at radius 2 is 2.25 bits per heavy atom. The van der Waals surface area contributed by atoms with Gasteiger partial charge in [0.15, 0.2) is 0 Å². The Balaban J connectivity index is 2.37. The predicted molar refractivity (Wildman–Crippen MR) is 52.9 cm³/mol. The molecule has 12 heavy (non-hydrogen) atoms. The first-order valence-electron chi connectivity index (χ1n) is 5.03. The van der Waals surface area contributed by atoms with Gasteiger partial charge in [0.05, 0.1) is 6.04 Å². The summed E-state index contributed by atoms with van der Waals surface area (Å²) in [5, 5.41) is 0. The first-order valence-corrected chi connectivity index (χ1v) is 5.03. The van der Waals surface area contributed by atoms with Crippen molar-refractivity contribution in [3.8, 4) is 11.8 Å². The summed E-state index contributed by atoms with van der Waals surface area (Å²) in [7, 11) is 0. The summed E-state index contributed by atoms with van der Waals surface area (Å²) < 4.78 is 0. The van der Waals surface area contributed by atoms with Crippen LogP contribution in [-0.2, 0) is 0 Å². The van der Waals surface area contributed by atoms with E-state index in [-0.39, 0.29) is 0 Å². The van der Waals surface area contributed by atoms with Crippen molar-refractivity contribution in [3.05, 3.63) is 0 Å². The van der Waals surface area contributed by atoms with Crippen LogP contribution in [-0.4, -0.2) is 23.5 Å². The van der Waals surface area contributed by atoms with Crippen LogP contribution >= 0.6 is 0 Å². The third kappa shape index (κ3) is 2.01. The van der Waals surface area contributed by atoms with Gasteiger partial charge in [0.1, 0.15) is 0 Å². The third-order valence-corrected chi connectivity index (χ3v) is 2.65. The van der Waals surface area contributed by atoms with E-state index in [2.05, 4.69) is 37.5 Å². The smallest absolute Gasteiger partial charge is 0.0688 e. The van der Waals surface area contributed by atoms with Crippen LogP contribution in [0.4, 0.5) is 0 Å². The van der Waals surface area contributed by atoms with Gasteiger partial charge >= 0.3 is 0 Å². The highest BCUT2D eigenvalue weighted by atomic mass is 15.2. The van der Waals surface area contributed by atoms with E-state index in [1.807, 2.05) is 0 Å². The van der Waals surface area contributed by atoms with E-state index < -0.39 is 0 Å². The minimum atomic E-state index is 0.476. The molecule has 0 aromatic rings. The van der Waals surface area contributed by atoms with E-state index in [1.54, 1.807) is 0 Å². The van der Waals surface area contributed by atoms with Crippen LogP contribution < -0.4 is 0 Å². The minimum absolute atomic E-state index is 0.476. The predicted octanol–water partition coefficient (Wildman–Crippen LogP) is 2.27.